The van der Waals surface area contributed by atoms with Crippen LogP contribution >= 0.6 is 15.9 Å². The van der Waals surface area contributed by atoms with E-state index in [4.69, 9.17) is 9.47 Å². The first-order valence-electron chi connectivity index (χ1n) is 7.41. The van der Waals surface area contributed by atoms with Crippen LogP contribution in [-0.4, -0.2) is 19.8 Å². The van der Waals surface area contributed by atoms with Crippen LogP contribution in [0, 0.1) is 5.92 Å². The maximum Gasteiger partial charge on any atom is 0.175 e. The van der Waals surface area contributed by atoms with Gasteiger partial charge in [0, 0.05) is 6.54 Å². The van der Waals surface area contributed by atoms with Gasteiger partial charge in [-0.3, -0.25) is 0 Å². The molecule has 4 heteroatoms. The van der Waals surface area contributed by atoms with Crippen LogP contribution in [0.1, 0.15) is 39.7 Å². The molecular formula is C16H26BrNO2. The van der Waals surface area contributed by atoms with Gasteiger partial charge in [-0.15, -0.1) is 0 Å². The summed E-state index contributed by atoms with van der Waals surface area (Å²) >= 11 is 3.60. The molecule has 0 saturated heterocycles. The summed E-state index contributed by atoms with van der Waals surface area (Å²) in [6.07, 6.45) is 1.11. The van der Waals surface area contributed by atoms with Crippen LogP contribution in [0.5, 0.6) is 11.5 Å². The van der Waals surface area contributed by atoms with Crippen molar-refractivity contribution < 1.29 is 9.47 Å². The fourth-order valence-corrected chi connectivity index (χ4v) is 2.34. The van der Waals surface area contributed by atoms with Gasteiger partial charge in [0.2, 0.25) is 0 Å². The molecule has 1 aromatic carbocycles. The molecule has 0 bridgehead atoms. The summed E-state index contributed by atoms with van der Waals surface area (Å²) in [5.41, 5.74) is 1.19. The lowest BCUT2D eigenvalue weighted by Gasteiger charge is -2.17. The molecule has 0 spiro atoms. The highest BCUT2D eigenvalue weighted by molar-refractivity contribution is 9.10. The van der Waals surface area contributed by atoms with E-state index in [9.17, 15) is 0 Å². The quantitative estimate of drug-likeness (QED) is 0.721. The minimum absolute atomic E-state index is 0.540. The van der Waals surface area contributed by atoms with E-state index >= 15 is 0 Å². The first-order chi connectivity index (χ1) is 9.62. The Morgan fingerprint density at radius 2 is 1.95 bits per heavy atom. The Bertz CT molecular complexity index is 410. The second-order valence-electron chi connectivity index (χ2n) is 4.94. The topological polar surface area (TPSA) is 30.5 Å². The third-order valence-electron chi connectivity index (χ3n) is 3.16. The molecule has 0 aliphatic carbocycles. The molecule has 1 atom stereocenters. The molecule has 1 aromatic rings. The third kappa shape index (κ3) is 5.33. The van der Waals surface area contributed by atoms with Gasteiger partial charge in [-0.25, -0.2) is 0 Å². The van der Waals surface area contributed by atoms with Gasteiger partial charge >= 0.3 is 0 Å². The van der Waals surface area contributed by atoms with Crippen molar-refractivity contribution in [1.29, 1.82) is 0 Å². The molecule has 1 N–H and O–H groups in total. The van der Waals surface area contributed by atoms with Gasteiger partial charge in [-0.1, -0.05) is 27.2 Å². The Balaban J connectivity index is 2.90. The molecule has 20 heavy (non-hydrogen) atoms. The summed E-state index contributed by atoms with van der Waals surface area (Å²) in [6.45, 7) is 11.6. The lowest BCUT2D eigenvalue weighted by Crippen LogP contribution is -2.13. The van der Waals surface area contributed by atoms with E-state index in [2.05, 4.69) is 54.2 Å². The smallest absolute Gasteiger partial charge is 0.175 e. The van der Waals surface area contributed by atoms with Crippen molar-refractivity contribution >= 4 is 15.9 Å². The summed E-state index contributed by atoms with van der Waals surface area (Å²) in [5.74, 6) is 2.17. The zero-order chi connectivity index (χ0) is 15.0. The highest BCUT2D eigenvalue weighted by Crippen LogP contribution is 2.37. The van der Waals surface area contributed by atoms with Crippen LogP contribution < -0.4 is 14.8 Å². The Morgan fingerprint density at radius 1 is 1.20 bits per heavy atom. The number of benzene rings is 1. The van der Waals surface area contributed by atoms with Crippen molar-refractivity contribution in [3.8, 4) is 11.5 Å². The zero-order valence-corrected chi connectivity index (χ0v) is 14.5. The van der Waals surface area contributed by atoms with Crippen LogP contribution in [0.3, 0.4) is 0 Å². The van der Waals surface area contributed by atoms with Crippen LogP contribution in [0.2, 0.25) is 0 Å². The Hall–Kier alpha value is -0.740. The van der Waals surface area contributed by atoms with E-state index in [1.165, 1.54) is 5.56 Å². The molecule has 3 nitrogen and oxygen atoms in total. The van der Waals surface area contributed by atoms with Crippen molar-refractivity contribution in [3.63, 3.8) is 0 Å². The largest absolute Gasteiger partial charge is 0.490 e. The standard InChI is InChI=1S/C16H26BrNO2/c1-5-12(4)11-20-16-14(17)8-13(10-18-6-2)9-15(16)19-7-3/h8-9,12,18H,5-7,10-11H2,1-4H3. The van der Waals surface area contributed by atoms with Crippen molar-refractivity contribution in [2.45, 2.75) is 40.7 Å². The molecule has 0 radical (unpaired) electrons. The molecule has 0 aliphatic rings. The molecule has 0 heterocycles. The monoisotopic (exact) mass is 343 g/mol. The summed E-state index contributed by atoms with van der Waals surface area (Å²) in [6, 6.07) is 4.15. The summed E-state index contributed by atoms with van der Waals surface area (Å²) in [4.78, 5) is 0. The average molecular weight is 344 g/mol. The molecule has 0 fully saturated rings. The second kappa shape index (κ2) is 9.24. The first kappa shape index (κ1) is 17.3. The van der Waals surface area contributed by atoms with Crippen LogP contribution in [0.4, 0.5) is 0 Å². The van der Waals surface area contributed by atoms with Gasteiger partial charge in [-0.05, 0) is 53.0 Å². The van der Waals surface area contributed by atoms with Crippen LogP contribution in [0.15, 0.2) is 16.6 Å². The number of ether oxygens (including phenoxy) is 2. The minimum Gasteiger partial charge on any atom is -0.490 e. The lowest BCUT2D eigenvalue weighted by molar-refractivity contribution is 0.236. The van der Waals surface area contributed by atoms with Crippen molar-refractivity contribution in [2.24, 2.45) is 5.92 Å². The Kier molecular flexibility index (Phi) is 8.00. The zero-order valence-electron chi connectivity index (χ0n) is 13.0. The second-order valence-corrected chi connectivity index (χ2v) is 5.80. The van der Waals surface area contributed by atoms with E-state index in [-0.39, 0.29) is 0 Å². The van der Waals surface area contributed by atoms with Crippen LogP contribution in [0.25, 0.3) is 0 Å². The van der Waals surface area contributed by atoms with Crippen LogP contribution in [-0.2, 0) is 6.54 Å². The summed E-state index contributed by atoms with van der Waals surface area (Å²) in [5, 5.41) is 3.32. The molecular weight excluding hydrogens is 318 g/mol. The molecule has 1 rings (SSSR count). The first-order valence-corrected chi connectivity index (χ1v) is 8.20. The molecule has 0 aliphatic heterocycles. The summed E-state index contributed by atoms with van der Waals surface area (Å²) in [7, 11) is 0. The van der Waals surface area contributed by atoms with Gasteiger partial charge in [0.05, 0.1) is 17.7 Å². The van der Waals surface area contributed by atoms with Gasteiger partial charge in [-0.2, -0.15) is 0 Å². The highest BCUT2D eigenvalue weighted by Gasteiger charge is 2.13. The number of hydrogen-bond acceptors (Lipinski definition) is 3. The Morgan fingerprint density at radius 3 is 2.55 bits per heavy atom. The molecule has 1 unspecified atom stereocenters. The van der Waals surface area contributed by atoms with E-state index in [1.54, 1.807) is 0 Å². The van der Waals surface area contributed by atoms with Crippen molar-refractivity contribution in [1.82, 2.24) is 5.32 Å². The Labute approximate surface area is 131 Å². The van der Waals surface area contributed by atoms with E-state index in [1.807, 2.05) is 6.92 Å². The fourth-order valence-electron chi connectivity index (χ4n) is 1.74. The number of halogens is 1. The fraction of sp³-hybridized carbons (Fsp3) is 0.625. The van der Waals surface area contributed by atoms with E-state index < -0.39 is 0 Å². The maximum absolute atomic E-state index is 5.94. The number of hydrogen-bond donors (Lipinski definition) is 1. The predicted octanol–water partition coefficient (Wildman–Crippen LogP) is 4.38. The van der Waals surface area contributed by atoms with E-state index in [0.29, 0.717) is 19.1 Å². The SMILES string of the molecule is CCNCc1cc(Br)c(OCC(C)CC)c(OCC)c1. The normalized spacial score (nSPS) is 12.2. The highest BCUT2D eigenvalue weighted by atomic mass is 79.9. The average Bonchev–Trinajstić information content (AvgIpc) is 2.44. The van der Waals surface area contributed by atoms with Gasteiger partial charge in [0.15, 0.2) is 11.5 Å². The lowest BCUT2D eigenvalue weighted by atomic mass is 10.1. The third-order valence-corrected chi connectivity index (χ3v) is 3.75. The van der Waals surface area contributed by atoms with Gasteiger partial charge in [0.25, 0.3) is 0 Å². The molecule has 0 aromatic heterocycles. The van der Waals surface area contributed by atoms with Crippen molar-refractivity contribution in [2.75, 3.05) is 19.8 Å². The maximum atomic E-state index is 5.94. The van der Waals surface area contributed by atoms with Gasteiger partial charge < -0.3 is 14.8 Å². The molecule has 114 valence electrons. The molecule has 0 amide bonds. The molecule has 0 saturated carbocycles. The number of nitrogens with one attached hydrogen (secondary N) is 1. The summed E-state index contributed by atoms with van der Waals surface area (Å²) < 4.78 is 12.6. The predicted molar refractivity (Wildman–Crippen MR) is 87.6 cm³/mol. The number of rotatable bonds is 9. The van der Waals surface area contributed by atoms with Gasteiger partial charge in [0.1, 0.15) is 0 Å². The van der Waals surface area contributed by atoms with E-state index in [0.717, 1.165) is 35.5 Å². The van der Waals surface area contributed by atoms with Crippen molar-refractivity contribution in [3.05, 3.63) is 22.2 Å². The minimum atomic E-state index is 0.540.